The van der Waals surface area contributed by atoms with Crippen molar-refractivity contribution in [1.82, 2.24) is 4.90 Å². The minimum Gasteiger partial charge on any atom is -0.481 e. The second-order valence-electron chi connectivity index (χ2n) is 3.01. The summed E-state index contributed by atoms with van der Waals surface area (Å²) < 4.78 is 5.03. The van der Waals surface area contributed by atoms with Crippen LogP contribution in [0, 0.1) is 0 Å². The molecule has 0 heterocycles. The highest BCUT2D eigenvalue weighted by molar-refractivity contribution is 5.77. The number of rotatable bonds is 7. The van der Waals surface area contributed by atoms with Crippen LogP contribution in [-0.2, 0) is 14.3 Å². The van der Waals surface area contributed by atoms with Gasteiger partial charge < -0.3 is 14.7 Å². The maximum Gasteiger partial charge on any atom is 0.305 e. The SMILES string of the molecule is CCCOCC(=O)N(C)CCC(=O)O. The summed E-state index contributed by atoms with van der Waals surface area (Å²) in [6.07, 6.45) is 0.835. The van der Waals surface area contributed by atoms with Crippen molar-refractivity contribution in [1.29, 1.82) is 0 Å². The summed E-state index contributed by atoms with van der Waals surface area (Å²) >= 11 is 0. The molecule has 0 bridgehead atoms. The summed E-state index contributed by atoms with van der Waals surface area (Å²) in [5.41, 5.74) is 0. The molecule has 0 atom stereocenters. The second kappa shape index (κ2) is 7.32. The van der Waals surface area contributed by atoms with E-state index < -0.39 is 5.97 Å². The van der Waals surface area contributed by atoms with E-state index in [0.717, 1.165) is 6.42 Å². The topological polar surface area (TPSA) is 66.8 Å². The fourth-order valence-corrected chi connectivity index (χ4v) is 0.802. The van der Waals surface area contributed by atoms with Crippen molar-refractivity contribution in [2.75, 3.05) is 26.8 Å². The van der Waals surface area contributed by atoms with Gasteiger partial charge in [0.15, 0.2) is 0 Å². The van der Waals surface area contributed by atoms with Crippen molar-refractivity contribution in [3.05, 3.63) is 0 Å². The number of carboxylic acids is 1. The maximum absolute atomic E-state index is 11.2. The lowest BCUT2D eigenvalue weighted by Crippen LogP contribution is -2.32. The van der Waals surface area contributed by atoms with Gasteiger partial charge in [0.1, 0.15) is 6.61 Å². The lowest BCUT2D eigenvalue weighted by molar-refractivity contribution is -0.139. The Labute approximate surface area is 83.6 Å². The van der Waals surface area contributed by atoms with Crippen LogP contribution in [0.2, 0.25) is 0 Å². The first-order chi connectivity index (χ1) is 6.57. The molecule has 5 nitrogen and oxygen atoms in total. The molecule has 0 aliphatic heterocycles. The van der Waals surface area contributed by atoms with Crippen molar-refractivity contribution in [3.63, 3.8) is 0 Å². The Balaban J connectivity index is 3.59. The Morgan fingerprint density at radius 3 is 2.57 bits per heavy atom. The summed E-state index contributed by atoms with van der Waals surface area (Å²) in [5, 5.41) is 8.39. The van der Waals surface area contributed by atoms with E-state index in [1.54, 1.807) is 7.05 Å². The van der Waals surface area contributed by atoms with Gasteiger partial charge in [-0.05, 0) is 6.42 Å². The van der Waals surface area contributed by atoms with Crippen molar-refractivity contribution in [2.45, 2.75) is 19.8 Å². The highest BCUT2D eigenvalue weighted by Crippen LogP contribution is 1.91. The maximum atomic E-state index is 11.2. The molecule has 0 radical (unpaired) electrons. The minimum absolute atomic E-state index is 0.0317. The zero-order chi connectivity index (χ0) is 11.0. The van der Waals surface area contributed by atoms with Crippen LogP contribution in [0.15, 0.2) is 0 Å². The fourth-order valence-electron chi connectivity index (χ4n) is 0.802. The monoisotopic (exact) mass is 203 g/mol. The lowest BCUT2D eigenvalue weighted by Gasteiger charge is -2.15. The van der Waals surface area contributed by atoms with Gasteiger partial charge >= 0.3 is 5.97 Å². The van der Waals surface area contributed by atoms with Gasteiger partial charge in [0.05, 0.1) is 6.42 Å². The first kappa shape index (κ1) is 12.9. The quantitative estimate of drug-likeness (QED) is 0.606. The number of amides is 1. The van der Waals surface area contributed by atoms with Crippen molar-refractivity contribution < 1.29 is 19.4 Å². The molecule has 0 aromatic rings. The second-order valence-corrected chi connectivity index (χ2v) is 3.01. The van der Waals surface area contributed by atoms with Gasteiger partial charge in [0, 0.05) is 20.2 Å². The molecule has 0 saturated carbocycles. The number of aliphatic carboxylic acids is 1. The van der Waals surface area contributed by atoms with Gasteiger partial charge in [-0.2, -0.15) is 0 Å². The summed E-state index contributed by atoms with van der Waals surface area (Å²) in [7, 11) is 1.57. The molecule has 0 rings (SSSR count). The standard InChI is InChI=1S/C9H17NO4/c1-3-6-14-7-8(11)10(2)5-4-9(12)13/h3-7H2,1-2H3,(H,12,13). The Morgan fingerprint density at radius 2 is 2.07 bits per heavy atom. The van der Waals surface area contributed by atoms with E-state index in [9.17, 15) is 9.59 Å². The molecule has 1 N–H and O–H groups in total. The highest BCUT2D eigenvalue weighted by Gasteiger charge is 2.09. The van der Waals surface area contributed by atoms with E-state index in [2.05, 4.69) is 0 Å². The number of hydrogen-bond acceptors (Lipinski definition) is 3. The van der Waals surface area contributed by atoms with Gasteiger partial charge in [-0.1, -0.05) is 6.92 Å². The molecule has 82 valence electrons. The molecule has 1 amide bonds. The third-order valence-corrected chi connectivity index (χ3v) is 1.66. The van der Waals surface area contributed by atoms with E-state index >= 15 is 0 Å². The Bertz CT molecular complexity index is 193. The number of hydrogen-bond donors (Lipinski definition) is 1. The lowest BCUT2D eigenvalue weighted by atomic mass is 10.4. The average Bonchev–Trinajstić information content (AvgIpc) is 2.14. The van der Waals surface area contributed by atoms with Gasteiger partial charge in [-0.25, -0.2) is 0 Å². The molecule has 0 aromatic heterocycles. The number of carboxylic acid groups (broad SMARTS) is 1. The molecule has 0 aliphatic carbocycles. The normalized spacial score (nSPS) is 9.86. The third-order valence-electron chi connectivity index (χ3n) is 1.66. The molecule has 14 heavy (non-hydrogen) atoms. The Morgan fingerprint density at radius 1 is 1.43 bits per heavy atom. The Kier molecular flexibility index (Phi) is 6.74. The fraction of sp³-hybridized carbons (Fsp3) is 0.778. The van der Waals surface area contributed by atoms with E-state index in [-0.39, 0.29) is 25.5 Å². The van der Waals surface area contributed by atoms with E-state index in [4.69, 9.17) is 9.84 Å². The van der Waals surface area contributed by atoms with Crippen LogP contribution in [0.5, 0.6) is 0 Å². The molecular weight excluding hydrogens is 186 g/mol. The zero-order valence-electron chi connectivity index (χ0n) is 8.65. The molecule has 0 aliphatic rings. The van der Waals surface area contributed by atoms with Crippen LogP contribution >= 0.6 is 0 Å². The van der Waals surface area contributed by atoms with Crippen LogP contribution in [0.25, 0.3) is 0 Å². The van der Waals surface area contributed by atoms with Crippen LogP contribution in [0.4, 0.5) is 0 Å². The molecule has 5 heteroatoms. The number of nitrogens with zero attached hydrogens (tertiary/aromatic N) is 1. The molecule has 0 saturated heterocycles. The summed E-state index contributed by atoms with van der Waals surface area (Å²) in [4.78, 5) is 22.8. The first-order valence-corrected chi connectivity index (χ1v) is 4.61. The van der Waals surface area contributed by atoms with E-state index in [1.807, 2.05) is 6.92 Å². The molecule has 0 aromatic carbocycles. The van der Waals surface area contributed by atoms with Crippen molar-refractivity contribution in [2.24, 2.45) is 0 Å². The van der Waals surface area contributed by atoms with Crippen LogP contribution in [0.1, 0.15) is 19.8 Å². The van der Waals surface area contributed by atoms with Crippen LogP contribution in [0.3, 0.4) is 0 Å². The Hall–Kier alpha value is -1.10. The van der Waals surface area contributed by atoms with E-state index in [0.29, 0.717) is 6.61 Å². The van der Waals surface area contributed by atoms with Gasteiger partial charge in [-0.3, -0.25) is 9.59 Å². The highest BCUT2D eigenvalue weighted by atomic mass is 16.5. The van der Waals surface area contributed by atoms with E-state index in [1.165, 1.54) is 4.90 Å². The number of carbonyl (C=O) groups excluding carboxylic acids is 1. The van der Waals surface area contributed by atoms with Gasteiger partial charge in [-0.15, -0.1) is 0 Å². The zero-order valence-corrected chi connectivity index (χ0v) is 8.65. The number of carbonyl (C=O) groups is 2. The third kappa shape index (κ3) is 6.42. The predicted molar refractivity (Wildman–Crippen MR) is 51.0 cm³/mol. The predicted octanol–water partition coefficient (Wildman–Crippen LogP) is 0.346. The van der Waals surface area contributed by atoms with Crippen molar-refractivity contribution >= 4 is 11.9 Å². The average molecular weight is 203 g/mol. The first-order valence-electron chi connectivity index (χ1n) is 4.61. The van der Waals surface area contributed by atoms with Gasteiger partial charge in [0.25, 0.3) is 0 Å². The van der Waals surface area contributed by atoms with Crippen LogP contribution in [-0.4, -0.2) is 48.7 Å². The van der Waals surface area contributed by atoms with Crippen molar-refractivity contribution in [3.8, 4) is 0 Å². The largest absolute Gasteiger partial charge is 0.481 e. The molecule has 0 spiro atoms. The number of likely N-dealkylation sites (N-methyl/N-ethyl adjacent to an activating group) is 1. The van der Waals surface area contributed by atoms with Gasteiger partial charge in [0.2, 0.25) is 5.91 Å². The van der Waals surface area contributed by atoms with Crippen LogP contribution < -0.4 is 0 Å². The smallest absolute Gasteiger partial charge is 0.305 e. The molecule has 0 unspecified atom stereocenters. The molecular formula is C9H17NO4. The number of ether oxygens (including phenoxy) is 1. The summed E-state index contributed by atoms with van der Waals surface area (Å²) in [5.74, 6) is -1.08. The minimum atomic E-state index is -0.904. The molecule has 0 fully saturated rings. The summed E-state index contributed by atoms with van der Waals surface area (Å²) in [6, 6.07) is 0. The summed E-state index contributed by atoms with van der Waals surface area (Å²) in [6.45, 7) is 2.77.